The van der Waals surface area contributed by atoms with Crippen molar-refractivity contribution in [3.63, 3.8) is 0 Å². The molecule has 3 nitrogen and oxygen atoms in total. The summed E-state index contributed by atoms with van der Waals surface area (Å²) in [6.07, 6.45) is 6.37. The highest BCUT2D eigenvalue weighted by molar-refractivity contribution is 5.88. The van der Waals surface area contributed by atoms with Crippen LogP contribution < -0.4 is 5.32 Å². The second-order valence-corrected chi connectivity index (χ2v) is 5.04. The smallest absolute Gasteiger partial charge is 0.220 e. The Morgan fingerprint density at radius 3 is 2.88 bits per heavy atom. The molecule has 1 heterocycles. The zero-order valence-corrected chi connectivity index (χ0v) is 11.1. The van der Waals surface area contributed by atoms with Gasteiger partial charge >= 0.3 is 0 Å². The van der Waals surface area contributed by atoms with Crippen LogP contribution in [0.2, 0.25) is 0 Å². The van der Waals surface area contributed by atoms with Gasteiger partial charge in [0.1, 0.15) is 5.78 Å². The molecule has 0 aliphatic carbocycles. The van der Waals surface area contributed by atoms with Crippen molar-refractivity contribution < 1.29 is 9.59 Å². The van der Waals surface area contributed by atoms with E-state index in [9.17, 15) is 9.59 Å². The molecule has 0 aromatic heterocycles. The summed E-state index contributed by atoms with van der Waals surface area (Å²) in [6.45, 7) is 4.96. The van der Waals surface area contributed by atoms with Gasteiger partial charge in [-0.3, -0.25) is 9.59 Å². The number of amides is 1. The van der Waals surface area contributed by atoms with E-state index >= 15 is 0 Å². The Morgan fingerprint density at radius 2 is 2.24 bits per heavy atom. The van der Waals surface area contributed by atoms with Gasteiger partial charge in [-0.15, -0.1) is 0 Å². The Hall–Kier alpha value is -0.860. The molecule has 0 aromatic carbocycles. The van der Waals surface area contributed by atoms with E-state index in [1.165, 1.54) is 0 Å². The lowest BCUT2D eigenvalue weighted by molar-refractivity contribution is -0.131. The molecule has 0 aromatic rings. The van der Waals surface area contributed by atoms with E-state index in [4.69, 9.17) is 0 Å². The first kappa shape index (κ1) is 14.2. The zero-order chi connectivity index (χ0) is 12.7. The normalized spacial score (nSPS) is 22.7. The molecule has 98 valence electrons. The van der Waals surface area contributed by atoms with Crippen molar-refractivity contribution in [1.29, 1.82) is 0 Å². The summed E-state index contributed by atoms with van der Waals surface area (Å²) in [7, 11) is 0. The molecule has 0 saturated carbocycles. The second-order valence-electron chi connectivity index (χ2n) is 5.04. The van der Waals surface area contributed by atoms with E-state index in [1.54, 1.807) is 0 Å². The van der Waals surface area contributed by atoms with Crippen LogP contribution in [0.25, 0.3) is 0 Å². The van der Waals surface area contributed by atoms with Crippen molar-refractivity contribution in [3.05, 3.63) is 0 Å². The molecule has 2 atom stereocenters. The largest absolute Gasteiger partial charge is 0.356 e. The minimum atomic E-state index is -0.0284. The van der Waals surface area contributed by atoms with Crippen molar-refractivity contribution in [3.8, 4) is 0 Å². The SMILES string of the molecule is CCCC[C@H](CC)C(=O)[C@H]1CCCNC(=O)C1. The predicted octanol–water partition coefficient (Wildman–Crippen LogP) is 2.69. The molecule has 17 heavy (non-hydrogen) atoms. The first-order chi connectivity index (χ1) is 8.19. The van der Waals surface area contributed by atoms with Gasteiger partial charge in [0.25, 0.3) is 0 Å². The molecule has 1 N–H and O–H groups in total. The van der Waals surface area contributed by atoms with Gasteiger partial charge in [-0.1, -0.05) is 26.7 Å². The Kier molecular flexibility index (Phi) is 6.23. The van der Waals surface area contributed by atoms with Crippen LogP contribution in [0.15, 0.2) is 0 Å². The highest BCUT2D eigenvalue weighted by Gasteiger charge is 2.28. The highest BCUT2D eigenvalue weighted by atomic mass is 16.2. The molecule has 0 bridgehead atoms. The van der Waals surface area contributed by atoms with Crippen LogP contribution in [-0.2, 0) is 9.59 Å². The molecular weight excluding hydrogens is 214 g/mol. The maximum absolute atomic E-state index is 12.4. The lowest BCUT2D eigenvalue weighted by Crippen LogP contribution is -2.27. The molecule has 1 aliphatic rings. The Labute approximate surface area is 104 Å². The number of carbonyl (C=O) groups is 2. The summed E-state index contributed by atoms with van der Waals surface area (Å²) in [5.74, 6) is 0.523. The number of nitrogens with one attached hydrogen (secondary N) is 1. The molecule has 1 aliphatic heterocycles. The fraction of sp³-hybridized carbons (Fsp3) is 0.857. The first-order valence-corrected chi connectivity index (χ1v) is 6.99. The van der Waals surface area contributed by atoms with Crippen LogP contribution >= 0.6 is 0 Å². The van der Waals surface area contributed by atoms with Gasteiger partial charge in [0.15, 0.2) is 0 Å². The van der Waals surface area contributed by atoms with Gasteiger partial charge in [-0.05, 0) is 25.7 Å². The van der Waals surface area contributed by atoms with Crippen molar-refractivity contribution in [2.45, 2.75) is 58.8 Å². The Balaban J connectivity index is 2.55. The molecule has 3 heteroatoms. The summed E-state index contributed by atoms with van der Waals surface area (Å²) in [6, 6.07) is 0. The molecule has 0 unspecified atom stereocenters. The van der Waals surface area contributed by atoms with E-state index in [-0.39, 0.29) is 17.7 Å². The number of Topliss-reactive ketones (excluding diaryl/α,β-unsaturated/α-hetero) is 1. The molecular formula is C14H25NO2. The summed E-state index contributed by atoms with van der Waals surface area (Å²) in [4.78, 5) is 23.8. The summed E-state index contributed by atoms with van der Waals surface area (Å²) in [5, 5.41) is 2.84. The van der Waals surface area contributed by atoms with Crippen LogP contribution in [-0.4, -0.2) is 18.2 Å². The van der Waals surface area contributed by atoms with Gasteiger partial charge in [-0.2, -0.15) is 0 Å². The van der Waals surface area contributed by atoms with Gasteiger partial charge in [0.2, 0.25) is 5.91 Å². The van der Waals surface area contributed by atoms with Gasteiger partial charge in [0, 0.05) is 24.8 Å². The van der Waals surface area contributed by atoms with E-state index in [2.05, 4.69) is 19.2 Å². The average Bonchev–Trinajstić information content (AvgIpc) is 2.54. The second kappa shape index (κ2) is 7.46. The Bertz CT molecular complexity index is 263. The van der Waals surface area contributed by atoms with Crippen molar-refractivity contribution >= 4 is 11.7 Å². The minimum absolute atomic E-state index is 0.0284. The predicted molar refractivity (Wildman–Crippen MR) is 68.7 cm³/mol. The van der Waals surface area contributed by atoms with E-state index in [0.29, 0.717) is 12.2 Å². The fourth-order valence-electron chi connectivity index (χ4n) is 2.55. The summed E-state index contributed by atoms with van der Waals surface area (Å²) >= 11 is 0. The number of unbranched alkanes of at least 4 members (excludes halogenated alkanes) is 1. The monoisotopic (exact) mass is 239 g/mol. The maximum atomic E-state index is 12.4. The first-order valence-electron chi connectivity index (χ1n) is 6.99. The number of rotatable bonds is 6. The number of carbonyl (C=O) groups excluding carboxylic acids is 2. The average molecular weight is 239 g/mol. The quantitative estimate of drug-likeness (QED) is 0.774. The maximum Gasteiger partial charge on any atom is 0.220 e. The summed E-state index contributed by atoms with van der Waals surface area (Å²) in [5.41, 5.74) is 0. The number of hydrogen-bond acceptors (Lipinski definition) is 2. The van der Waals surface area contributed by atoms with Crippen LogP contribution in [0.4, 0.5) is 0 Å². The van der Waals surface area contributed by atoms with Crippen molar-refractivity contribution in [1.82, 2.24) is 5.32 Å². The third-order valence-electron chi connectivity index (χ3n) is 3.69. The molecule has 1 fully saturated rings. The van der Waals surface area contributed by atoms with E-state index < -0.39 is 0 Å². The highest BCUT2D eigenvalue weighted by Crippen LogP contribution is 2.24. The topological polar surface area (TPSA) is 46.2 Å². The van der Waals surface area contributed by atoms with Crippen LogP contribution in [0.5, 0.6) is 0 Å². The molecule has 1 amide bonds. The zero-order valence-electron chi connectivity index (χ0n) is 11.1. The molecule has 1 rings (SSSR count). The van der Waals surface area contributed by atoms with E-state index in [0.717, 1.165) is 45.1 Å². The molecule has 0 radical (unpaired) electrons. The lowest BCUT2D eigenvalue weighted by atomic mass is 9.83. The van der Waals surface area contributed by atoms with Crippen LogP contribution in [0, 0.1) is 11.8 Å². The van der Waals surface area contributed by atoms with E-state index in [1.807, 2.05) is 0 Å². The minimum Gasteiger partial charge on any atom is -0.356 e. The van der Waals surface area contributed by atoms with Gasteiger partial charge in [0.05, 0.1) is 0 Å². The fourth-order valence-corrected chi connectivity index (χ4v) is 2.55. The standard InChI is InChI=1S/C14H25NO2/c1-3-5-7-11(4-2)14(17)12-8-6-9-15-13(16)10-12/h11-12H,3-10H2,1-2H3,(H,15,16)/t11-,12-/m0/s1. The van der Waals surface area contributed by atoms with Crippen molar-refractivity contribution in [2.75, 3.05) is 6.54 Å². The van der Waals surface area contributed by atoms with Crippen LogP contribution in [0.3, 0.4) is 0 Å². The Morgan fingerprint density at radius 1 is 1.47 bits per heavy atom. The number of hydrogen-bond donors (Lipinski definition) is 1. The molecule has 0 spiro atoms. The number of ketones is 1. The van der Waals surface area contributed by atoms with Crippen molar-refractivity contribution in [2.24, 2.45) is 11.8 Å². The van der Waals surface area contributed by atoms with Crippen LogP contribution in [0.1, 0.15) is 58.8 Å². The lowest BCUT2D eigenvalue weighted by Gasteiger charge is -2.19. The van der Waals surface area contributed by atoms with Gasteiger partial charge < -0.3 is 5.32 Å². The third-order valence-corrected chi connectivity index (χ3v) is 3.69. The third kappa shape index (κ3) is 4.49. The van der Waals surface area contributed by atoms with Gasteiger partial charge in [-0.25, -0.2) is 0 Å². The molecule has 1 saturated heterocycles. The summed E-state index contributed by atoms with van der Waals surface area (Å²) < 4.78 is 0.